The van der Waals surface area contributed by atoms with Crippen molar-refractivity contribution in [2.45, 2.75) is 19.8 Å². The highest BCUT2D eigenvalue weighted by atomic mass is 35.5. The topological polar surface area (TPSA) is 35.0 Å². The van der Waals surface area contributed by atoms with E-state index >= 15 is 0 Å². The highest BCUT2D eigenvalue weighted by Gasteiger charge is 2.15. The van der Waals surface area contributed by atoms with Gasteiger partial charge in [-0.25, -0.2) is 9.97 Å². The van der Waals surface area contributed by atoms with Gasteiger partial charge in [0.05, 0.1) is 12.7 Å². The Bertz CT molecular complexity index is 609. The number of ether oxygens (including phenoxy) is 1. The van der Waals surface area contributed by atoms with Crippen molar-refractivity contribution in [3.05, 3.63) is 39.1 Å². The largest absolute Gasteiger partial charge is 0.496 e. The maximum atomic E-state index is 6.19. The zero-order valence-electron chi connectivity index (χ0n) is 11.1. The van der Waals surface area contributed by atoms with Crippen LogP contribution in [0.5, 0.6) is 5.75 Å². The van der Waals surface area contributed by atoms with E-state index in [4.69, 9.17) is 39.5 Å². The van der Waals surface area contributed by atoms with Gasteiger partial charge in [0.2, 0.25) is 0 Å². The molecule has 0 amide bonds. The quantitative estimate of drug-likeness (QED) is 0.734. The molecule has 1 heterocycles. The summed E-state index contributed by atoms with van der Waals surface area (Å²) in [7, 11) is 1.56. The standard InChI is InChI=1S/C14H13Cl3N2O/c1-3-4-10-12(16)18-14(19-13(10)17)9-6-5-8(15)7-11(9)20-2/h5-7H,3-4H2,1-2H3. The van der Waals surface area contributed by atoms with E-state index in [1.807, 2.05) is 6.92 Å². The number of hydrogen-bond donors (Lipinski definition) is 0. The van der Waals surface area contributed by atoms with Crippen molar-refractivity contribution in [3.63, 3.8) is 0 Å². The van der Waals surface area contributed by atoms with Crippen LogP contribution in [0.1, 0.15) is 18.9 Å². The number of rotatable bonds is 4. The maximum absolute atomic E-state index is 6.19. The van der Waals surface area contributed by atoms with E-state index in [0.717, 1.165) is 18.4 Å². The van der Waals surface area contributed by atoms with Crippen molar-refractivity contribution in [2.75, 3.05) is 7.11 Å². The van der Waals surface area contributed by atoms with Crippen LogP contribution in [-0.4, -0.2) is 17.1 Å². The molecule has 106 valence electrons. The van der Waals surface area contributed by atoms with Crippen LogP contribution in [0.15, 0.2) is 18.2 Å². The fourth-order valence-corrected chi connectivity index (χ4v) is 2.60. The summed E-state index contributed by atoms with van der Waals surface area (Å²) in [5, 5.41) is 1.32. The number of aromatic nitrogens is 2. The number of methoxy groups -OCH3 is 1. The maximum Gasteiger partial charge on any atom is 0.166 e. The number of nitrogens with zero attached hydrogens (tertiary/aromatic N) is 2. The summed E-state index contributed by atoms with van der Waals surface area (Å²) in [6.07, 6.45) is 1.67. The zero-order chi connectivity index (χ0) is 14.7. The second-order valence-corrected chi connectivity index (χ2v) is 5.35. The molecule has 6 heteroatoms. The summed E-state index contributed by atoms with van der Waals surface area (Å²) in [4.78, 5) is 8.62. The monoisotopic (exact) mass is 330 g/mol. The first-order valence-electron chi connectivity index (χ1n) is 6.12. The van der Waals surface area contributed by atoms with Crippen LogP contribution in [0.3, 0.4) is 0 Å². The van der Waals surface area contributed by atoms with E-state index in [-0.39, 0.29) is 0 Å². The lowest BCUT2D eigenvalue weighted by molar-refractivity contribution is 0.416. The van der Waals surface area contributed by atoms with E-state index in [1.54, 1.807) is 25.3 Å². The van der Waals surface area contributed by atoms with E-state index in [9.17, 15) is 0 Å². The first kappa shape index (κ1) is 15.4. The molecule has 0 fully saturated rings. The summed E-state index contributed by atoms with van der Waals surface area (Å²) >= 11 is 18.3. The molecule has 0 aliphatic heterocycles. The molecule has 0 radical (unpaired) electrons. The smallest absolute Gasteiger partial charge is 0.166 e. The molecule has 2 rings (SSSR count). The van der Waals surface area contributed by atoms with Gasteiger partial charge >= 0.3 is 0 Å². The number of halogens is 3. The van der Waals surface area contributed by atoms with Gasteiger partial charge in [-0.3, -0.25) is 0 Å². The normalized spacial score (nSPS) is 10.7. The first-order chi connectivity index (χ1) is 9.56. The van der Waals surface area contributed by atoms with E-state index in [1.165, 1.54) is 0 Å². The van der Waals surface area contributed by atoms with Gasteiger partial charge in [0.25, 0.3) is 0 Å². The Labute approximate surface area is 132 Å². The highest BCUT2D eigenvalue weighted by Crippen LogP contribution is 2.33. The predicted molar refractivity (Wildman–Crippen MR) is 83.0 cm³/mol. The van der Waals surface area contributed by atoms with Crippen molar-refractivity contribution in [1.29, 1.82) is 0 Å². The minimum atomic E-state index is 0.374. The molecular formula is C14H13Cl3N2O. The average Bonchev–Trinajstić information content (AvgIpc) is 2.42. The van der Waals surface area contributed by atoms with Crippen LogP contribution in [0.2, 0.25) is 15.3 Å². The van der Waals surface area contributed by atoms with Gasteiger partial charge in [-0.1, -0.05) is 48.1 Å². The third-order valence-corrected chi connectivity index (χ3v) is 3.67. The molecule has 0 saturated carbocycles. The molecule has 0 saturated heterocycles. The Morgan fingerprint density at radius 2 is 1.75 bits per heavy atom. The van der Waals surface area contributed by atoms with Gasteiger partial charge in [-0.15, -0.1) is 0 Å². The molecule has 3 nitrogen and oxygen atoms in total. The second kappa shape index (κ2) is 6.61. The number of benzene rings is 1. The van der Waals surface area contributed by atoms with Crippen LogP contribution in [-0.2, 0) is 6.42 Å². The van der Waals surface area contributed by atoms with Gasteiger partial charge in [0, 0.05) is 10.6 Å². The van der Waals surface area contributed by atoms with E-state index in [0.29, 0.717) is 32.5 Å². The summed E-state index contributed by atoms with van der Waals surface area (Å²) in [5.74, 6) is 1.00. The molecule has 2 aromatic rings. The Morgan fingerprint density at radius 3 is 2.30 bits per heavy atom. The van der Waals surface area contributed by atoms with Crippen molar-refractivity contribution in [1.82, 2.24) is 9.97 Å². The molecular weight excluding hydrogens is 319 g/mol. The molecule has 0 unspecified atom stereocenters. The minimum Gasteiger partial charge on any atom is -0.496 e. The Morgan fingerprint density at radius 1 is 1.10 bits per heavy atom. The Balaban J connectivity index is 2.54. The van der Waals surface area contributed by atoms with Crippen LogP contribution >= 0.6 is 34.8 Å². The molecule has 0 spiro atoms. The summed E-state index contributed by atoms with van der Waals surface area (Å²) in [5.41, 5.74) is 1.47. The first-order valence-corrected chi connectivity index (χ1v) is 7.26. The van der Waals surface area contributed by atoms with Gasteiger partial charge in [0.15, 0.2) is 5.82 Å². The van der Waals surface area contributed by atoms with Crippen molar-refractivity contribution < 1.29 is 4.74 Å². The summed E-state index contributed by atoms with van der Waals surface area (Å²) < 4.78 is 5.29. The van der Waals surface area contributed by atoms with Gasteiger partial charge in [-0.2, -0.15) is 0 Å². The third-order valence-electron chi connectivity index (χ3n) is 2.81. The Hall–Kier alpha value is -1.03. The van der Waals surface area contributed by atoms with Gasteiger partial charge < -0.3 is 4.74 Å². The van der Waals surface area contributed by atoms with Gasteiger partial charge in [0.1, 0.15) is 16.1 Å². The van der Waals surface area contributed by atoms with Gasteiger partial charge in [-0.05, 0) is 24.6 Å². The number of hydrogen-bond acceptors (Lipinski definition) is 3. The third kappa shape index (κ3) is 3.17. The van der Waals surface area contributed by atoms with Crippen molar-refractivity contribution in [3.8, 4) is 17.1 Å². The average molecular weight is 332 g/mol. The SMILES string of the molecule is CCCc1c(Cl)nc(-c2ccc(Cl)cc2OC)nc1Cl. The highest BCUT2D eigenvalue weighted by molar-refractivity contribution is 6.34. The molecule has 0 aliphatic rings. The minimum absolute atomic E-state index is 0.374. The van der Waals surface area contributed by atoms with Crippen molar-refractivity contribution >= 4 is 34.8 Å². The van der Waals surface area contributed by atoms with E-state index < -0.39 is 0 Å². The lowest BCUT2D eigenvalue weighted by atomic mass is 10.1. The van der Waals surface area contributed by atoms with E-state index in [2.05, 4.69) is 9.97 Å². The molecule has 1 aromatic carbocycles. The molecule has 0 bridgehead atoms. The second-order valence-electron chi connectivity index (χ2n) is 4.20. The summed E-state index contributed by atoms with van der Waals surface area (Å²) in [6, 6.07) is 5.22. The van der Waals surface area contributed by atoms with Crippen LogP contribution < -0.4 is 4.74 Å². The molecule has 1 aromatic heterocycles. The van der Waals surface area contributed by atoms with Crippen LogP contribution in [0, 0.1) is 0 Å². The van der Waals surface area contributed by atoms with Crippen molar-refractivity contribution in [2.24, 2.45) is 0 Å². The lowest BCUT2D eigenvalue weighted by Gasteiger charge is -2.10. The predicted octanol–water partition coefficient (Wildman–Crippen LogP) is 5.06. The fraction of sp³-hybridized carbons (Fsp3) is 0.286. The zero-order valence-corrected chi connectivity index (χ0v) is 13.4. The van der Waals surface area contributed by atoms with Crippen LogP contribution in [0.4, 0.5) is 0 Å². The molecule has 0 aliphatic carbocycles. The van der Waals surface area contributed by atoms with Crippen LogP contribution in [0.25, 0.3) is 11.4 Å². The lowest BCUT2D eigenvalue weighted by Crippen LogP contribution is -1.99. The Kier molecular flexibility index (Phi) is 5.08. The fourth-order valence-electron chi connectivity index (χ4n) is 1.86. The molecule has 0 atom stereocenters. The molecule has 20 heavy (non-hydrogen) atoms. The summed E-state index contributed by atoms with van der Waals surface area (Å²) in [6.45, 7) is 2.04. The molecule has 0 N–H and O–H groups in total.